The number of carbonyl (C=O) groups excluding carboxylic acids is 2. The summed E-state index contributed by atoms with van der Waals surface area (Å²) < 4.78 is 15.3. The molecular formula is C20H32N2O9. The molecule has 31 heavy (non-hydrogen) atoms. The highest BCUT2D eigenvalue weighted by Crippen LogP contribution is 2.14. The third kappa shape index (κ3) is 11.6. The van der Waals surface area contributed by atoms with Crippen molar-refractivity contribution < 1.29 is 44.2 Å². The zero-order valence-corrected chi connectivity index (χ0v) is 18.1. The predicted molar refractivity (Wildman–Crippen MR) is 107 cm³/mol. The summed E-state index contributed by atoms with van der Waals surface area (Å²) in [6.07, 6.45) is -0.0500. The van der Waals surface area contributed by atoms with Gasteiger partial charge in [-0.15, -0.1) is 0 Å². The SMILES string of the molecule is COC(=O)CCc1ccc(OCC(O)CN(C(=O)COCCON(O)O)C(C)C)cc1. The molecule has 1 unspecified atom stereocenters. The molecule has 0 saturated carbocycles. The number of rotatable bonds is 15. The van der Waals surface area contributed by atoms with Gasteiger partial charge in [-0.25, -0.2) is 4.84 Å². The van der Waals surface area contributed by atoms with Crippen molar-refractivity contribution in [3.63, 3.8) is 0 Å². The molecule has 0 heterocycles. The number of nitrogens with zero attached hydrogens (tertiary/aromatic N) is 2. The van der Waals surface area contributed by atoms with Crippen molar-refractivity contribution in [3.05, 3.63) is 29.8 Å². The summed E-state index contributed by atoms with van der Waals surface area (Å²) in [6, 6.07) is 7.01. The Hall–Kier alpha value is -2.28. The Morgan fingerprint density at radius 3 is 2.35 bits per heavy atom. The molecule has 1 rings (SSSR count). The first kappa shape index (κ1) is 26.8. The lowest BCUT2D eigenvalue weighted by Gasteiger charge is -2.29. The maximum atomic E-state index is 12.3. The molecule has 0 fully saturated rings. The molecule has 1 aromatic carbocycles. The molecule has 3 N–H and O–H groups in total. The van der Waals surface area contributed by atoms with Crippen LogP contribution in [0.5, 0.6) is 5.75 Å². The fraction of sp³-hybridized carbons (Fsp3) is 0.600. The smallest absolute Gasteiger partial charge is 0.305 e. The number of ether oxygens (including phenoxy) is 3. The largest absolute Gasteiger partial charge is 0.491 e. The van der Waals surface area contributed by atoms with Crippen molar-refractivity contribution in [1.82, 2.24) is 10.3 Å². The van der Waals surface area contributed by atoms with Gasteiger partial charge in [-0.1, -0.05) is 12.1 Å². The molecule has 176 valence electrons. The minimum absolute atomic E-state index is 0.00443. The molecule has 1 atom stereocenters. The van der Waals surface area contributed by atoms with Crippen molar-refractivity contribution in [2.24, 2.45) is 0 Å². The van der Waals surface area contributed by atoms with Crippen LogP contribution >= 0.6 is 0 Å². The van der Waals surface area contributed by atoms with E-state index in [0.717, 1.165) is 5.56 Å². The minimum atomic E-state index is -0.911. The number of benzene rings is 1. The van der Waals surface area contributed by atoms with Gasteiger partial charge in [0.2, 0.25) is 5.91 Å². The molecule has 1 amide bonds. The van der Waals surface area contributed by atoms with E-state index in [2.05, 4.69) is 9.57 Å². The molecule has 0 radical (unpaired) electrons. The first-order chi connectivity index (χ1) is 14.7. The van der Waals surface area contributed by atoms with E-state index in [-0.39, 0.29) is 50.9 Å². The number of aliphatic hydroxyl groups is 1. The summed E-state index contributed by atoms with van der Waals surface area (Å²) in [7, 11) is 1.35. The minimum Gasteiger partial charge on any atom is -0.491 e. The van der Waals surface area contributed by atoms with E-state index in [9.17, 15) is 14.7 Å². The molecule has 0 aliphatic carbocycles. The number of methoxy groups -OCH3 is 1. The van der Waals surface area contributed by atoms with Crippen LogP contribution in [0.2, 0.25) is 0 Å². The summed E-state index contributed by atoms with van der Waals surface area (Å²) in [5.74, 6) is -0.0318. The summed E-state index contributed by atoms with van der Waals surface area (Å²) in [5, 5.41) is 26.7. The fourth-order valence-corrected chi connectivity index (χ4v) is 2.59. The Morgan fingerprint density at radius 1 is 1.10 bits per heavy atom. The first-order valence-electron chi connectivity index (χ1n) is 9.87. The summed E-state index contributed by atoms with van der Waals surface area (Å²) in [6.45, 7) is 3.30. The van der Waals surface area contributed by atoms with E-state index < -0.39 is 11.5 Å². The Balaban J connectivity index is 2.41. The topological polar surface area (TPSA) is 138 Å². The molecule has 0 saturated heterocycles. The van der Waals surface area contributed by atoms with E-state index in [1.165, 1.54) is 12.0 Å². The van der Waals surface area contributed by atoms with Gasteiger partial charge in [-0.3, -0.25) is 20.0 Å². The molecule has 1 aromatic rings. The van der Waals surface area contributed by atoms with Crippen molar-refractivity contribution >= 4 is 11.9 Å². The van der Waals surface area contributed by atoms with E-state index in [4.69, 9.17) is 19.9 Å². The Bertz CT molecular complexity index is 653. The molecule has 0 aliphatic heterocycles. The Morgan fingerprint density at radius 2 is 1.77 bits per heavy atom. The van der Waals surface area contributed by atoms with Crippen LogP contribution < -0.4 is 4.74 Å². The van der Waals surface area contributed by atoms with Gasteiger partial charge in [0.1, 0.15) is 25.1 Å². The number of aliphatic hydroxyl groups excluding tert-OH is 1. The summed E-state index contributed by atoms with van der Waals surface area (Å²) in [5.41, 5.74) is 0.964. The number of hydrogen-bond acceptors (Lipinski definition) is 10. The van der Waals surface area contributed by atoms with Gasteiger partial charge in [0.15, 0.2) is 0 Å². The number of carbonyl (C=O) groups is 2. The van der Waals surface area contributed by atoms with Gasteiger partial charge >= 0.3 is 5.97 Å². The molecule has 11 heteroatoms. The lowest BCUT2D eigenvalue weighted by molar-refractivity contribution is -0.493. The molecule has 0 aliphatic rings. The van der Waals surface area contributed by atoms with Crippen LogP contribution in [0.4, 0.5) is 0 Å². The van der Waals surface area contributed by atoms with E-state index in [1.54, 1.807) is 12.1 Å². The van der Waals surface area contributed by atoms with Crippen LogP contribution in [0, 0.1) is 0 Å². The average molecular weight is 444 g/mol. The van der Waals surface area contributed by atoms with Crippen LogP contribution in [-0.2, 0) is 30.3 Å². The van der Waals surface area contributed by atoms with E-state index >= 15 is 0 Å². The summed E-state index contributed by atoms with van der Waals surface area (Å²) >= 11 is 0. The lowest BCUT2D eigenvalue weighted by Crippen LogP contribution is -2.45. The van der Waals surface area contributed by atoms with Gasteiger partial charge in [-0.2, -0.15) is 0 Å². The third-order valence-electron chi connectivity index (χ3n) is 4.22. The average Bonchev–Trinajstić information content (AvgIpc) is 2.74. The van der Waals surface area contributed by atoms with Crippen molar-refractivity contribution in [1.29, 1.82) is 0 Å². The zero-order valence-electron chi connectivity index (χ0n) is 18.1. The maximum absolute atomic E-state index is 12.3. The van der Waals surface area contributed by atoms with Gasteiger partial charge < -0.3 is 24.2 Å². The van der Waals surface area contributed by atoms with Crippen molar-refractivity contribution in [2.45, 2.75) is 38.8 Å². The molecule has 0 spiro atoms. The molecular weight excluding hydrogens is 412 g/mol. The second-order valence-electron chi connectivity index (χ2n) is 6.96. The van der Waals surface area contributed by atoms with Crippen LogP contribution in [0.1, 0.15) is 25.8 Å². The monoisotopic (exact) mass is 444 g/mol. The third-order valence-corrected chi connectivity index (χ3v) is 4.22. The van der Waals surface area contributed by atoms with Gasteiger partial charge in [0.25, 0.3) is 0 Å². The highest BCUT2D eigenvalue weighted by molar-refractivity contribution is 5.77. The van der Waals surface area contributed by atoms with Crippen LogP contribution in [0.25, 0.3) is 0 Å². The second kappa shape index (κ2) is 14.7. The van der Waals surface area contributed by atoms with Gasteiger partial charge in [-0.05, 0) is 38.0 Å². The number of hydrogen-bond donors (Lipinski definition) is 3. The number of aryl methyl sites for hydroxylation is 1. The summed E-state index contributed by atoms with van der Waals surface area (Å²) in [4.78, 5) is 29.3. The van der Waals surface area contributed by atoms with Gasteiger partial charge in [0, 0.05) is 12.5 Å². The first-order valence-corrected chi connectivity index (χ1v) is 9.87. The van der Waals surface area contributed by atoms with E-state index in [0.29, 0.717) is 18.6 Å². The van der Waals surface area contributed by atoms with Crippen LogP contribution in [0.3, 0.4) is 0 Å². The van der Waals surface area contributed by atoms with Crippen LogP contribution in [0.15, 0.2) is 24.3 Å². The molecule has 0 aromatic heterocycles. The van der Waals surface area contributed by atoms with Crippen molar-refractivity contribution in [3.8, 4) is 5.75 Å². The van der Waals surface area contributed by atoms with Crippen LogP contribution in [-0.4, -0.2) is 89.9 Å². The fourth-order valence-electron chi connectivity index (χ4n) is 2.59. The zero-order chi connectivity index (χ0) is 23.2. The molecule has 11 nitrogen and oxygen atoms in total. The second-order valence-corrected chi connectivity index (χ2v) is 6.96. The Labute approximate surface area is 181 Å². The normalized spacial score (nSPS) is 12.1. The maximum Gasteiger partial charge on any atom is 0.305 e. The molecule has 0 bridgehead atoms. The lowest BCUT2D eigenvalue weighted by atomic mass is 10.1. The number of amides is 1. The highest BCUT2D eigenvalue weighted by Gasteiger charge is 2.21. The van der Waals surface area contributed by atoms with Crippen molar-refractivity contribution in [2.75, 3.05) is 40.1 Å². The predicted octanol–water partition coefficient (Wildman–Crippen LogP) is 0.798. The van der Waals surface area contributed by atoms with E-state index in [1.807, 2.05) is 26.0 Å². The Kier molecular flexibility index (Phi) is 12.7. The number of esters is 1. The van der Waals surface area contributed by atoms with Gasteiger partial charge in [0.05, 0.1) is 32.3 Å². The standard InChI is InChI=1S/C20H32N2O9/c1-15(2)21(19(24)14-29-10-11-31-22(26)27)12-17(23)13-30-18-7-4-16(5-8-18)6-9-20(25)28-3/h4-5,7-8,15,17,23,26-27H,6,9-14H2,1-3H3. The quantitative estimate of drug-likeness (QED) is 0.202. The highest BCUT2D eigenvalue weighted by atomic mass is 17.1.